The van der Waals surface area contributed by atoms with Gasteiger partial charge in [0, 0.05) is 13.5 Å². The summed E-state index contributed by atoms with van der Waals surface area (Å²) in [5.41, 5.74) is 0.254. The normalized spacial score (nSPS) is 23.9. The molecular weight excluding hydrogens is 152 g/mol. The molecule has 0 amide bonds. The molecule has 0 saturated heterocycles. The zero-order valence-corrected chi connectivity index (χ0v) is 8.59. The molecule has 3 nitrogen and oxygen atoms in total. The van der Waals surface area contributed by atoms with E-state index >= 15 is 0 Å². The third kappa shape index (κ3) is 2.40. The monoisotopic (exact) mass is 170 g/mol. The molecule has 3 heteroatoms. The smallest absolute Gasteiger partial charge is 0.208 e. The average molecular weight is 170 g/mol. The molecule has 70 valence electrons. The molecule has 1 aliphatic heterocycles. The summed E-state index contributed by atoms with van der Waals surface area (Å²) in [7, 11) is 1.93. The number of rotatable bonds is 1. The Morgan fingerprint density at radius 2 is 2.08 bits per heavy atom. The first-order chi connectivity index (χ1) is 5.38. The molecule has 1 atom stereocenters. The molecule has 0 saturated carbocycles. The zero-order chi connectivity index (χ0) is 9.35. The van der Waals surface area contributed by atoms with Gasteiger partial charge in [0.25, 0.3) is 0 Å². The number of nitrogens with zero attached hydrogens (tertiary/aromatic N) is 2. The maximum Gasteiger partial charge on any atom is 0.208 e. The van der Waals surface area contributed by atoms with Gasteiger partial charge in [0.05, 0.1) is 0 Å². The second-order valence-electron chi connectivity index (χ2n) is 4.52. The van der Waals surface area contributed by atoms with Crippen molar-refractivity contribution in [2.45, 2.75) is 40.3 Å². The van der Waals surface area contributed by atoms with Crippen LogP contribution < -0.4 is 0 Å². The van der Waals surface area contributed by atoms with Crippen LogP contribution in [0.4, 0.5) is 0 Å². The van der Waals surface area contributed by atoms with Gasteiger partial charge >= 0.3 is 0 Å². The van der Waals surface area contributed by atoms with Gasteiger partial charge in [0.2, 0.25) is 5.90 Å². The minimum atomic E-state index is 0.0994. The Labute approximate surface area is 74.4 Å². The lowest BCUT2D eigenvalue weighted by Crippen LogP contribution is -2.20. The van der Waals surface area contributed by atoms with Crippen molar-refractivity contribution in [3.63, 3.8) is 0 Å². The van der Waals surface area contributed by atoms with Gasteiger partial charge in [0.15, 0.2) is 6.23 Å². The van der Waals surface area contributed by atoms with Crippen LogP contribution in [-0.2, 0) is 4.74 Å². The predicted octanol–water partition coefficient (Wildman–Crippen LogP) is 2.04. The van der Waals surface area contributed by atoms with Gasteiger partial charge < -0.3 is 4.74 Å². The van der Waals surface area contributed by atoms with Crippen molar-refractivity contribution in [1.82, 2.24) is 5.01 Å². The van der Waals surface area contributed by atoms with Gasteiger partial charge in [0.1, 0.15) is 0 Å². The van der Waals surface area contributed by atoms with Crippen LogP contribution in [0.3, 0.4) is 0 Å². The van der Waals surface area contributed by atoms with Crippen LogP contribution in [0.2, 0.25) is 0 Å². The van der Waals surface area contributed by atoms with Gasteiger partial charge in [-0.15, -0.1) is 5.10 Å². The topological polar surface area (TPSA) is 24.8 Å². The summed E-state index contributed by atoms with van der Waals surface area (Å²) in [6, 6.07) is 0. The van der Waals surface area contributed by atoms with Gasteiger partial charge in [-0.2, -0.15) is 0 Å². The van der Waals surface area contributed by atoms with Crippen LogP contribution in [0.15, 0.2) is 5.10 Å². The third-order valence-electron chi connectivity index (χ3n) is 1.78. The van der Waals surface area contributed by atoms with E-state index in [9.17, 15) is 0 Å². The summed E-state index contributed by atoms with van der Waals surface area (Å²) in [6.07, 6.45) is 1.00. The van der Waals surface area contributed by atoms with Crippen molar-refractivity contribution >= 4 is 5.90 Å². The van der Waals surface area contributed by atoms with Crippen LogP contribution in [0.25, 0.3) is 0 Å². The highest BCUT2D eigenvalue weighted by Crippen LogP contribution is 2.23. The molecule has 0 fully saturated rings. The molecule has 0 aromatic carbocycles. The maximum atomic E-state index is 5.53. The van der Waals surface area contributed by atoms with Gasteiger partial charge in [-0.25, -0.2) is 0 Å². The van der Waals surface area contributed by atoms with Crippen molar-refractivity contribution in [1.29, 1.82) is 0 Å². The van der Waals surface area contributed by atoms with Crippen molar-refractivity contribution in [2.24, 2.45) is 10.5 Å². The molecule has 12 heavy (non-hydrogen) atoms. The van der Waals surface area contributed by atoms with E-state index < -0.39 is 0 Å². The van der Waals surface area contributed by atoms with Gasteiger partial charge in [-0.1, -0.05) is 20.8 Å². The van der Waals surface area contributed by atoms with Gasteiger partial charge in [-0.3, -0.25) is 5.01 Å². The van der Waals surface area contributed by atoms with Crippen molar-refractivity contribution in [2.75, 3.05) is 7.05 Å². The molecule has 0 spiro atoms. The third-order valence-corrected chi connectivity index (χ3v) is 1.78. The lowest BCUT2D eigenvalue weighted by Gasteiger charge is -2.17. The lowest BCUT2D eigenvalue weighted by atomic mass is 9.92. The Hall–Kier alpha value is -0.730. The van der Waals surface area contributed by atoms with Crippen molar-refractivity contribution in [3.05, 3.63) is 0 Å². The first-order valence-corrected chi connectivity index (χ1v) is 4.35. The van der Waals surface area contributed by atoms with E-state index in [1.54, 1.807) is 0 Å². The fourth-order valence-corrected chi connectivity index (χ4v) is 1.08. The molecule has 0 aromatic rings. The van der Waals surface area contributed by atoms with E-state index in [0.29, 0.717) is 0 Å². The summed E-state index contributed by atoms with van der Waals surface area (Å²) < 4.78 is 5.53. The highest BCUT2D eigenvalue weighted by Gasteiger charge is 2.24. The van der Waals surface area contributed by atoms with Crippen LogP contribution in [-0.4, -0.2) is 24.2 Å². The highest BCUT2D eigenvalue weighted by molar-refractivity contribution is 5.77. The standard InChI is InChI=1S/C9H18N2O/c1-7-11(5)10-8(12-7)6-9(2,3)4/h7H,6H2,1-5H3. The number of ether oxygens (including phenoxy) is 1. The van der Waals surface area contributed by atoms with E-state index in [2.05, 4.69) is 25.9 Å². The quantitative estimate of drug-likeness (QED) is 0.601. The van der Waals surface area contributed by atoms with E-state index in [4.69, 9.17) is 4.74 Å². The summed E-state index contributed by atoms with van der Waals surface area (Å²) in [5, 5.41) is 6.13. The molecule has 1 heterocycles. The van der Waals surface area contributed by atoms with Crippen LogP contribution in [0.1, 0.15) is 34.1 Å². The molecule has 0 aromatic heterocycles. The first-order valence-electron chi connectivity index (χ1n) is 4.35. The number of hydrazone groups is 1. The molecule has 0 aliphatic carbocycles. The molecule has 1 unspecified atom stereocenters. The second-order valence-corrected chi connectivity index (χ2v) is 4.52. The molecule has 0 bridgehead atoms. The van der Waals surface area contributed by atoms with Crippen molar-refractivity contribution in [3.8, 4) is 0 Å². The summed E-state index contributed by atoms with van der Waals surface area (Å²) >= 11 is 0. The number of hydrogen-bond acceptors (Lipinski definition) is 3. The summed E-state index contributed by atoms with van der Waals surface area (Å²) in [5.74, 6) is 0.859. The molecule has 1 rings (SSSR count). The van der Waals surface area contributed by atoms with Crippen LogP contribution >= 0.6 is 0 Å². The lowest BCUT2D eigenvalue weighted by molar-refractivity contribution is 0.0920. The summed E-state index contributed by atoms with van der Waals surface area (Å²) in [4.78, 5) is 0. The second kappa shape index (κ2) is 2.96. The maximum absolute atomic E-state index is 5.53. The van der Waals surface area contributed by atoms with Crippen LogP contribution in [0.5, 0.6) is 0 Å². The SMILES string of the molecule is CC1OC(CC(C)(C)C)=NN1C. The van der Waals surface area contributed by atoms with E-state index in [1.807, 2.05) is 19.0 Å². The Morgan fingerprint density at radius 3 is 2.42 bits per heavy atom. The molecule has 0 radical (unpaired) electrons. The Bertz CT molecular complexity index is 193. The zero-order valence-electron chi connectivity index (χ0n) is 8.59. The van der Waals surface area contributed by atoms with E-state index in [-0.39, 0.29) is 11.6 Å². The minimum Gasteiger partial charge on any atom is -0.455 e. The largest absolute Gasteiger partial charge is 0.455 e. The van der Waals surface area contributed by atoms with Crippen molar-refractivity contribution < 1.29 is 4.74 Å². The fourth-order valence-electron chi connectivity index (χ4n) is 1.08. The first kappa shape index (κ1) is 9.36. The average Bonchev–Trinajstić information content (AvgIpc) is 2.07. The molecule has 0 N–H and O–H groups in total. The van der Waals surface area contributed by atoms with E-state index in [0.717, 1.165) is 12.3 Å². The Morgan fingerprint density at radius 1 is 1.50 bits per heavy atom. The fraction of sp³-hybridized carbons (Fsp3) is 0.889. The number of hydrogen-bond donors (Lipinski definition) is 0. The minimum absolute atomic E-state index is 0.0994. The molecular formula is C9H18N2O. The Balaban J connectivity index is 2.51. The van der Waals surface area contributed by atoms with Gasteiger partial charge in [-0.05, 0) is 12.3 Å². The Kier molecular flexibility index (Phi) is 2.31. The predicted molar refractivity (Wildman–Crippen MR) is 49.8 cm³/mol. The highest BCUT2D eigenvalue weighted by atomic mass is 16.5. The molecule has 1 aliphatic rings. The van der Waals surface area contributed by atoms with E-state index in [1.165, 1.54) is 0 Å². The summed E-state index contributed by atoms with van der Waals surface area (Å²) in [6.45, 7) is 8.55. The van der Waals surface area contributed by atoms with Crippen LogP contribution in [0, 0.1) is 5.41 Å².